The number of nitrogens with zero attached hydrogens (tertiary/aromatic N) is 1. The third-order valence-corrected chi connectivity index (χ3v) is 5.60. The zero-order chi connectivity index (χ0) is 21.7. The van der Waals surface area contributed by atoms with E-state index in [9.17, 15) is 4.79 Å². The summed E-state index contributed by atoms with van der Waals surface area (Å²) in [5.41, 5.74) is 0.852. The van der Waals surface area contributed by atoms with Crippen LogP contribution in [-0.4, -0.2) is 58.4 Å². The summed E-state index contributed by atoms with van der Waals surface area (Å²) in [6.45, 7) is 8.40. The van der Waals surface area contributed by atoms with Crippen LogP contribution in [0.3, 0.4) is 0 Å². The van der Waals surface area contributed by atoms with Gasteiger partial charge in [-0.05, 0) is 56.7 Å². The molecule has 0 unspecified atom stereocenters. The van der Waals surface area contributed by atoms with Crippen LogP contribution in [0.5, 0.6) is 5.75 Å². The van der Waals surface area contributed by atoms with E-state index < -0.39 is 0 Å². The zero-order valence-electron chi connectivity index (χ0n) is 19.2. The fourth-order valence-electron chi connectivity index (χ4n) is 3.86. The summed E-state index contributed by atoms with van der Waals surface area (Å²) in [6, 6.07) is 7.15. The number of amides is 1. The summed E-state index contributed by atoms with van der Waals surface area (Å²) in [6.07, 6.45) is 6.07. The van der Waals surface area contributed by atoms with E-state index in [-0.39, 0.29) is 35.3 Å². The topological polar surface area (TPSA) is 84.0 Å². The summed E-state index contributed by atoms with van der Waals surface area (Å²) in [5, 5.41) is 9.56. The Bertz CT molecular complexity index is 679. The Morgan fingerprint density at radius 2 is 1.87 bits per heavy atom. The largest absolute Gasteiger partial charge is 0.497 e. The van der Waals surface area contributed by atoms with Crippen molar-refractivity contribution >= 4 is 35.8 Å². The Kier molecular flexibility index (Phi) is 13.6. The number of nitrogens with one attached hydrogen (secondary N) is 3. The maximum absolute atomic E-state index is 12.3. The molecule has 1 amide bonds. The molecule has 0 spiro atoms. The monoisotopic (exact) mass is 546 g/mol. The second-order valence-corrected chi connectivity index (χ2v) is 7.76. The Hall–Kier alpha value is -1.55. The number of hydrogen-bond acceptors (Lipinski definition) is 4. The van der Waals surface area contributed by atoms with Crippen molar-refractivity contribution in [1.29, 1.82) is 0 Å². The maximum Gasteiger partial charge on any atom is 0.251 e. The minimum absolute atomic E-state index is 0. The van der Waals surface area contributed by atoms with Crippen LogP contribution in [0.4, 0.5) is 0 Å². The van der Waals surface area contributed by atoms with Crippen molar-refractivity contribution in [3.63, 3.8) is 0 Å². The van der Waals surface area contributed by atoms with Gasteiger partial charge in [-0.15, -0.1) is 24.0 Å². The predicted molar refractivity (Wildman–Crippen MR) is 137 cm³/mol. The molecule has 1 saturated carbocycles. The van der Waals surface area contributed by atoms with Gasteiger partial charge in [0, 0.05) is 45.0 Å². The van der Waals surface area contributed by atoms with Gasteiger partial charge in [-0.3, -0.25) is 9.79 Å². The standard InChI is InChI=1S/C23H38N4O3.HI/c1-4-24-22(27-18-23(11-6-7-12-23)13-16-30-5-2)26-15-14-25-21(28)19-9-8-10-20(17-19)29-3;/h8-10,17H,4-7,11-16,18H2,1-3H3,(H,25,28)(H2,24,26,27);1H. The van der Waals surface area contributed by atoms with Gasteiger partial charge in [0.15, 0.2) is 5.96 Å². The number of rotatable bonds is 12. The second kappa shape index (κ2) is 15.3. The van der Waals surface area contributed by atoms with Crippen molar-refractivity contribution in [2.24, 2.45) is 10.4 Å². The van der Waals surface area contributed by atoms with Gasteiger partial charge in [-0.2, -0.15) is 0 Å². The summed E-state index contributed by atoms with van der Waals surface area (Å²) in [5.74, 6) is 1.36. The Morgan fingerprint density at radius 1 is 1.13 bits per heavy atom. The molecule has 0 aliphatic heterocycles. The molecule has 176 valence electrons. The third kappa shape index (κ3) is 9.64. The first-order chi connectivity index (χ1) is 14.6. The molecule has 0 aromatic heterocycles. The summed E-state index contributed by atoms with van der Waals surface area (Å²) < 4.78 is 10.8. The molecular weight excluding hydrogens is 507 g/mol. The Labute approximate surface area is 204 Å². The number of ether oxygens (including phenoxy) is 2. The molecule has 7 nitrogen and oxygen atoms in total. The van der Waals surface area contributed by atoms with Crippen LogP contribution in [-0.2, 0) is 4.74 Å². The predicted octanol–water partition coefficient (Wildman–Crippen LogP) is 3.59. The molecule has 1 fully saturated rings. The zero-order valence-corrected chi connectivity index (χ0v) is 21.5. The molecule has 1 aromatic rings. The molecule has 31 heavy (non-hydrogen) atoms. The molecule has 1 aliphatic rings. The first-order valence-electron chi connectivity index (χ1n) is 11.1. The van der Waals surface area contributed by atoms with Gasteiger partial charge in [-0.1, -0.05) is 18.9 Å². The highest BCUT2D eigenvalue weighted by Gasteiger charge is 2.33. The number of hydrogen-bond donors (Lipinski definition) is 3. The van der Waals surface area contributed by atoms with Crippen LogP contribution < -0.4 is 20.7 Å². The van der Waals surface area contributed by atoms with Crippen molar-refractivity contribution in [3.05, 3.63) is 29.8 Å². The molecule has 0 radical (unpaired) electrons. The summed E-state index contributed by atoms with van der Waals surface area (Å²) in [4.78, 5) is 17.2. The van der Waals surface area contributed by atoms with Crippen molar-refractivity contribution in [3.8, 4) is 5.75 Å². The number of guanidine groups is 1. The molecule has 3 N–H and O–H groups in total. The minimum atomic E-state index is -0.113. The SMILES string of the molecule is CCNC(=NCC1(CCOCC)CCCC1)NCCNC(=O)c1cccc(OC)c1.I. The average molecular weight is 546 g/mol. The van der Waals surface area contributed by atoms with Crippen LogP contribution >= 0.6 is 24.0 Å². The number of benzene rings is 1. The second-order valence-electron chi connectivity index (χ2n) is 7.76. The lowest BCUT2D eigenvalue weighted by atomic mass is 9.83. The number of methoxy groups -OCH3 is 1. The molecule has 1 aromatic carbocycles. The van der Waals surface area contributed by atoms with Crippen LogP contribution in [0.2, 0.25) is 0 Å². The highest BCUT2D eigenvalue weighted by atomic mass is 127. The van der Waals surface area contributed by atoms with Gasteiger partial charge in [-0.25, -0.2) is 0 Å². The lowest BCUT2D eigenvalue weighted by molar-refractivity contribution is 0.0954. The molecule has 1 aliphatic carbocycles. The lowest BCUT2D eigenvalue weighted by Crippen LogP contribution is -2.42. The average Bonchev–Trinajstić information content (AvgIpc) is 3.24. The first-order valence-corrected chi connectivity index (χ1v) is 11.1. The quantitative estimate of drug-likeness (QED) is 0.162. The molecule has 0 saturated heterocycles. The highest BCUT2D eigenvalue weighted by Crippen LogP contribution is 2.41. The van der Waals surface area contributed by atoms with E-state index in [1.165, 1.54) is 25.7 Å². The van der Waals surface area contributed by atoms with Crippen molar-refractivity contribution in [2.75, 3.05) is 46.5 Å². The fraction of sp³-hybridized carbons (Fsp3) is 0.652. The normalized spacial score (nSPS) is 15.1. The van der Waals surface area contributed by atoms with E-state index in [1.54, 1.807) is 19.2 Å². The molecular formula is C23H39IN4O3. The van der Waals surface area contributed by atoms with Gasteiger partial charge in [0.1, 0.15) is 5.75 Å². The Morgan fingerprint density at radius 3 is 2.55 bits per heavy atom. The Balaban J connectivity index is 0.00000480. The van der Waals surface area contributed by atoms with Crippen LogP contribution in [0, 0.1) is 5.41 Å². The van der Waals surface area contributed by atoms with E-state index in [0.717, 1.165) is 38.7 Å². The van der Waals surface area contributed by atoms with Crippen molar-refractivity contribution in [2.45, 2.75) is 46.0 Å². The van der Waals surface area contributed by atoms with Crippen LogP contribution in [0.25, 0.3) is 0 Å². The van der Waals surface area contributed by atoms with Gasteiger partial charge >= 0.3 is 0 Å². The van der Waals surface area contributed by atoms with Crippen LogP contribution in [0.15, 0.2) is 29.3 Å². The molecule has 0 atom stereocenters. The van der Waals surface area contributed by atoms with Crippen molar-refractivity contribution in [1.82, 2.24) is 16.0 Å². The number of carbonyl (C=O) groups excluding carboxylic acids is 1. The summed E-state index contributed by atoms with van der Waals surface area (Å²) in [7, 11) is 1.59. The van der Waals surface area contributed by atoms with E-state index in [4.69, 9.17) is 14.5 Å². The number of carbonyl (C=O) groups is 1. The fourth-order valence-corrected chi connectivity index (χ4v) is 3.86. The van der Waals surface area contributed by atoms with E-state index >= 15 is 0 Å². The summed E-state index contributed by atoms with van der Waals surface area (Å²) >= 11 is 0. The van der Waals surface area contributed by atoms with E-state index in [1.807, 2.05) is 19.1 Å². The van der Waals surface area contributed by atoms with E-state index in [0.29, 0.717) is 24.4 Å². The maximum atomic E-state index is 12.3. The molecule has 0 bridgehead atoms. The lowest BCUT2D eigenvalue weighted by Gasteiger charge is -2.27. The first kappa shape index (κ1) is 27.5. The van der Waals surface area contributed by atoms with Gasteiger partial charge in [0.05, 0.1) is 7.11 Å². The van der Waals surface area contributed by atoms with Gasteiger partial charge < -0.3 is 25.4 Å². The van der Waals surface area contributed by atoms with E-state index in [2.05, 4.69) is 22.9 Å². The number of halogens is 1. The minimum Gasteiger partial charge on any atom is -0.497 e. The number of aliphatic imine (C=N–C) groups is 1. The molecule has 0 heterocycles. The van der Waals surface area contributed by atoms with Gasteiger partial charge in [0.25, 0.3) is 5.91 Å². The molecule has 2 rings (SSSR count). The van der Waals surface area contributed by atoms with Crippen molar-refractivity contribution < 1.29 is 14.3 Å². The third-order valence-electron chi connectivity index (χ3n) is 5.60. The van der Waals surface area contributed by atoms with Gasteiger partial charge in [0.2, 0.25) is 0 Å². The molecule has 8 heteroatoms. The highest BCUT2D eigenvalue weighted by molar-refractivity contribution is 14.0. The smallest absolute Gasteiger partial charge is 0.251 e. The van der Waals surface area contributed by atoms with Crippen LogP contribution in [0.1, 0.15) is 56.3 Å².